The van der Waals surface area contributed by atoms with Gasteiger partial charge in [0.25, 0.3) is 5.70 Å². The van der Waals surface area contributed by atoms with Crippen molar-refractivity contribution < 1.29 is 9.85 Å². The fourth-order valence-corrected chi connectivity index (χ4v) is 1.60. The lowest BCUT2D eigenvalue weighted by Crippen LogP contribution is -2.33. The lowest BCUT2D eigenvalue weighted by molar-refractivity contribution is -0.530. The van der Waals surface area contributed by atoms with Crippen LogP contribution in [-0.2, 0) is 0 Å². The normalized spacial score (nSPS) is 26.4. The van der Waals surface area contributed by atoms with E-state index in [0.717, 1.165) is 0 Å². The van der Waals surface area contributed by atoms with Crippen molar-refractivity contribution in [1.82, 2.24) is 0 Å². The molecule has 0 spiro atoms. The topological polar surface area (TPSA) is 86.3 Å². The molecule has 0 saturated carbocycles. The monoisotopic (exact) mass is 198 g/mol. The molecule has 76 valence electrons. The zero-order valence-corrected chi connectivity index (χ0v) is 7.84. The summed E-state index contributed by atoms with van der Waals surface area (Å²) in [7, 11) is 0. The quantitative estimate of drug-likeness (QED) is 0.495. The Kier molecular flexibility index (Phi) is 2.64. The third-order valence-electron chi connectivity index (χ3n) is 2.36. The zero-order chi connectivity index (χ0) is 10.9. The first-order valence-corrected chi connectivity index (χ1v) is 4.11. The Morgan fingerprint density at radius 1 is 1.29 bits per heavy atom. The number of rotatable bonds is 2. The van der Waals surface area contributed by atoms with Crippen LogP contribution in [0, 0.1) is 26.1 Å². The van der Waals surface area contributed by atoms with Crippen LogP contribution in [0.4, 0.5) is 0 Å². The smallest absolute Gasteiger partial charge is 0.256 e. The minimum absolute atomic E-state index is 0.0997. The number of allylic oxidation sites excluding steroid dienone is 2. The molecule has 0 aromatic rings. The van der Waals surface area contributed by atoms with Crippen LogP contribution in [0.5, 0.6) is 0 Å². The Morgan fingerprint density at radius 2 is 1.86 bits per heavy atom. The molecule has 1 rings (SSSR count). The SMILES string of the molecule is CC1=CC=C([N+](=O)[O-])C(C)C1[N+](=O)[O-]. The van der Waals surface area contributed by atoms with Crippen molar-refractivity contribution in [3.05, 3.63) is 43.7 Å². The van der Waals surface area contributed by atoms with Crippen molar-refractivity contribution in [3.63, 3.8) is 0 Å². The molecule has 0 N–H and O–H groups in total. The second-order valence-electron chi connectivity index (χ2n) is 3.28. The number of hydrogen-bond donors (Lipinski definition) is 0. The van der Waals surface area contributed by atoms with Crippen LogP contribution in [0.25, 0.3) is 0 Å². The first-order chi connectivity index (χ1) is 6.45. The maximum absolute atomic E-state index is 10.7. The molecule has 1 aliphatic rings. The fourth-order valence-electron chi connectivity index (χ4n) is 1.60. The molecule has 0 aromatic carbocycles. The highest BCUT2D eigenvalue weighted by atomic mass is 16.6. The molecule has 2 unspecified atom stereocenters. The van der Waals surface area contributed by atoms with Gasteiger partial charge in [0.15, 0.2) is 0 Å². The summed E-state index contributed by atoms with van der Waals surface area (Å²) in [6.45, 7) is 3.11. The van der Waals surface area contributed by atoms with E-state index < -0.39 is 21.8 Å². The number of nitrogens with zero attached hydrogens (tertiary/aromatic N) is 2. The lowest BCUT2D eigenvalue weighted by Gasteiger charge is -2.18. The van der Waals surface area contributed by atoms with Crippen molar-refractivity contribution in [2.75, 3.05) is 0 Å². The Bertz CT molecular complexity index is 345. The van der Waals surface area contributed by atoms with Crippen LogP contribution in [0.15, 0.2) is 23.4 Å². The van der Waals surface area contributed by atoms with Gasteiger partial charge in [-0.2, -0.15) is 0 Å². The van der Waals surface area contributed by atoms with Crippen molar-refractivity contribution in [2.24, 2.45) is 5.92 Å². The first kappa shape index (κ1) is 10.4. The lowest BCUT2D eigenvalue weighted by atomic mass is 9.89. The largest absolute Gasteiger partial charge is 0.264 e. The van der Waals surface area contributed by atoms with Crippen molar-refractivity contribution in [1.29, 1.82) is 0 Å². The van der Waals surface area contributed by atoms with Gasteiger partial charge in [0.1, 0.15) is 5.92 Å². The van der Waals surface area contributed by atoms with Gasteiger partial charge in [-0.1, -0.05) is 6.08 Å². The average molecular weight is 198 g/mol. The molecule has 0 radical (unpaired) electrons. The zero-order valence-electron chi connectivity index (χ0n) is 7.84. The van der Waals surface area contributed by atoms with Gasteiger partial charge in [0.05, 0.1) is 4.92 Å². The van der Waals surface area contributed by atoms with E-state index in [-0.39, 0.29) is 5.70 Å². The molecular formula is C8H10N2O4. The van der Waals surface area contributed by atoms with Crippen LogP contribution in [-0.4, -0.2) is 15.9 Å². The molecule has 0 bridgehead atoms. The van der Waals surface area contributed by atoms with Gasteiger partial charge in [-0.15, -0.1) is 0 Å². The fraction of sp³-hybridized carbons (Fsp3) is 0.500. The second kappa shape index (κ2) is 3.57. The summed E-state index contributed by atoms with van der Waals surface area (Å²) in [5, 5.41) is 21.2. The summed E-state index contributed by atoms with van der Waals surface area (Å²) in [6, 6.07) is -0.972. The summed E-state index contributed by atoms with van der Waals surface area (Å²) in [6.07, 6.45) is 2.77. The summed E-state index contributed by atoms with van der Waals surface area (Å²) in [5.41, 5.74) is 0.449. The van der Waals surface area contributed by atoms with Crippen LogP contribution in [0.2, 0.25) is 0 Å². The predicted octanol–water partition coefficient (Wildman–Crippen LogP) is 1.39. The van der Waals surface area contributed by atoms with Crippen LogP contribution in [0.3, 0.4) is 0 Å². The highest BCUT2D eigenvalue weighted by Gasteiger charge is 2.39. The van der Waals surface area contributed by atoms with E-state index in [0.29, 0.717) is 5.57 Å². The third kappa shape index (κ3) is 1.63. The summed E-state index contributed by atoms with van der Waals surface area (Å²) < 4.78 is 0. The highest BCUT2D eigenvalue weighted by molar-refractivity contribution is 5.25. The standard InChI is InChI=1S/C8H10N2O4/c1-5-3-4-7(9(11)12)6(2)8(5)10(13)14/h3-4,6,8H,1-2H3. The third-order valence-corrected chi connectivity index (χ3v) is 2.36. The van der Waals surface area contributed by atoms with Gasteiger partial charge in [0.2, 0.25) is 6.04 Å². The van der Waals surface area contributed by atoms with Crippen molar-refractivity contribution in [2.45, 2.75) is 19.9 Å². The van der Waals surface area contributed by atoms with Gasteiger partial charge >= 0.3 is 0 Å². The molecular weight excluding hydrogens is 188 g/mol. The second-order valence-corrected chi connectivity index (χ2v) is 3.28. The van der Waals surface area contributed by atoms with Crippen LogP contribution < -0.4 is 0 Å². The number of hydrogen-bond acceptors (Lipinski definition) is 4. The number of nitro groups is 2. The minimum Gasteiger partial charge on any atom is -0.264 e. The van der Waals surface area contributed by atoms with E-state index >= 15 is 0 Å². The van der Waals surface area contributed by atoms with Crippen LogP contribution >= 0.6 is 0 Å². The first-order valence-electron chi connectivity index (χ1n) is 4.11. The average Bonchev–Trinajstić information content (AvgIpc) is 2.02. The van der Waals surface area contributed by atoms with E-state index in [4.69, 9.17) is 0 Å². The van der Waals surface area contributed by atoms with Gasteiger partial charge in [-0.25, -0.2) is 0 Å². The molecule has 0 heterocycles. The summed E-state index contributed by atoms with van der Waals surface area (Å²) in [4.78, 5) is 20.1. The summed E-state index contributed by atoms with van der Waals surface area (Å²) >= 11 is 0. The maximum atomic E-state index is 10.7. The Morgan fingerprint density at radius 3 is 2.29 bits per heavy atom. The van der Waals surface area contributed by atoms with Gasteiger partial charge < -0.3 is 0 Å². The molecule has 0 aliphatic heterocycles. The van der Waals surface area contributed by atoms with Gasteiger partial charge in [-0.05, 0) is 13.8 Å². The minimum atomic E-state index is -0.972. The molecule has 2 atom stereocenters. The Balaban J connectivity index is 3.07. The highest BCUT2D eigenvalue weighted by Crippen LogP contribution is 2.27. The van der Waals surface area contributed by atoms with E-state index in [1.54, 1.807) is 6.92 Å². The molecule has 0 amide bonds. The van der Waals surface area contributed by atoms with E-state index in [1.165, 1.54) is 19.1 Å². The van der Waals surface area contributed by atoms with E-state index in [2.05, 4.69) is 0 Å². The van der Waals surface area contributed by atoms with Crippen molar-refractivity contribution >= 4 is 0 Å². The van der Waals surface area contributed by atoms with Gasteiger partial charge in [0, 0.05) is 16.6 Å². The van der Waals surface area contributed by atoms with E-state index in [1.807, 2.05) is 0 Å². The predicted molar refractivity (Wildman–Crippen MR) is 48.8 cm³/mol. The van der Waals surface area contributed by atoms with Crippen LogP contribution in [0.1, 0.15) is 13.8 Å². The Hall–Kier alpha value is -1.72. The molecule has 1 aliphatic carbocycles. The molecule has 6 nitrogen and oxygen atoms in total. The molecule has 6 heteroatoms. The molecule has 0 saturated heterocycles. The molecule has 14 heavy (non-hydrogen) atoms. The maximum Gasteiger partial charge on any atom is 0.256 e. The molecule has 0 fully saturated rings. The van der Waals surface area contributed by atoms with E-state index in [9.17, 15) is 20.2 Å². The molecule has 0 aromatic heterocycles. The Labute approximate surface area is 80.2 Å². The van der Waals surface area contributed by atoms with Crippen molar-refractivity contribution in [3.8, 4) is 0 Å². The van der Waals surface area contributed by atoms with Gasteiger partial charge in [-0.3, -0.25) is 20.2 Å². The summed E-state index contributed by atoms with van der Waals surface area (Å²) in [5.74, 6) is -0.676.